The fraction of sp³-hybridized carbons (Fsp3) is 0.316. The van der Waals surface area contributed by atoms with Gasteiger partial charge in [-0.15, -0.1) is 0 Å². The minimum absolute atomic E-state index is 0.0943. The van der Waals surface area contributed by atoms with Crippen LogP contribution in [0.2, 0.25) is 10.0 Å². The molecule has 0 bridgehead atoms. The minimum atomic E-state index is -3.09. The Hall–Kier alpha value is -1.21. The van der Waals surface area contributed by atoms with Gasteiger partial charge >= 0.3 is 0 Å². The Morgan fingerprint density at radius 3 is 2.44 bits per heavy atom. The van der Waals surface area contributed by atoms with Gasteiger partial charge in [-0.05, 0) is 30.7 Å². The van der Waals surface area contributed by atoms with Gasteiger partial charge in [0.25, 0.3) is 0 Å². The van der Waals surface area contributed by atoms with Gasteiger partial charge in [0.2, 0.25) is 0 Å². The predicted molar refractivity (Wildman–Crippen MR) is 115 cm³/mol. The van der Waals surface area contributed by atoms with Crippen LogP contribution >= 0.6 is 35.0 Å². The van der Waals surface area contributed by atoms with E-state index < -0.39 is 9.84 Å². The summed E-state index contributed by atoms with van der Waals surface area (Å²) >= 11 is 14.0. The molecule has 0 amide bonds. The average Bonchev–Trinajstić information content (AvgIpc) is 3.04. The van der Waals surface area contributed by atoms with E-state index in [1.807, 2.05) is 17.0 Å². The number of sulfone groups is 1. The molecule has 0 saturated carbocycles. The quantitative estimate of drug-likeness (QED) is 0.700. The highest BCUT2D eigenvalue weighted by Gasteiger charge is 2.47. The van der Waals surface area contributed by atoms with Gasteiger partial charge in [0.05, 0.1) is 23.6 Å². The fourth-order valence-electron chi connectivity index (χ4n) is 3.45. The van der Waals surface area contributed by atoms with Crippen molar-refractivity contribution in [1.29, 1.82) is 0 Å². The highest BCUT2D eigenvalue weighted by atomic mass is 35.5. The highest BCUT2D eigenvalue weighted by molar-refractivity contribution is 8.13. The van der Waals surface area contributed by atoms with Crippen molar-refractivity contribution in [3.63, 3.8) is 0 Å². The number of rotatable bonds is 3. The smallest absolute Gasteiger partial charge is 0.164 e. The second-order valence-corrected chi connectivity index (χ2v) is 10.9. The molecule has 2 heterocycles. The number of aliphatic imine (C=N–C) groups is 1. The number of aryl methyl sites for hydroxylation is 1. The van der Waals surface area contributed by atoms with Gasteiger partial charge in [0.1, 0.15) is 0 Å². The Labute approximate surface area is 173 Å². The first-order valence-electron chi connectivity index (χ1n) is 8.53. The van der Waals surface area contributed by atoms with Crippen LogP contribution in [0, 0.1) is 6.92 Å². The summed E-state index contributed by atoms with van der Waals surface area (Å²) in [6, 6.07) is 13.2. The summed E-state index contributed by atoms with van der Waals surface area (Å²) in [5.74, 6) is 0.951. The maximum atomic E-state index is 12.1. The summed E-state index contributed by atoms with van der Waals surface area (Å²) in [5.41, 5.74) is 3.20. The van der Waals surface area contributed by atoms with Crippen LogP contribution in [-0.2, 0) is 15.6 Å². The van der Waals surface area contributed by atoms with Crippen LogP contribution in [0.5, 0.6) is 0 Å². The molecule has 0 aromatic heterocycles. The first-order valence-corrected chi connectivity index (χ1v) is 12.1. The zero-order valence-corrected chi connectivity index (χ0v) is 17.7. The molecule has 1 saturated heterocycles. The molecule has 2 atom stereocenters. The third-order valence-electron chi connectivity index (χ3n) is 4.72. The molecule has 4 nitrogen and oxygen atoms in total. The topological polar surface area (TPSA) is 49.7 Å². The van der Waals surface area contributed by atoms with Crippen LogP contribution in [0.4, 0.5) is 5.69 Å². The Kier molecular flexibility index (Phi) is 5.18. The van der Waals surface area contributed by atoms with Gasteiger partial charge in [-0.2, -0.15) is 0 Å². The summed E-state index contributed by atoms with van der Waals surface area (Å²) in [7, 11) is -3.09. The maximum Gasteiger partial charge on any atom is 0.164 e. The molecular formula is C19H18Cl2N2O2S2. The molecule has 142 valence electrons. The molecule has 0 N–H and O–H groups in total. The van der Waals surface area contributed by atoms with Crippen molar-refractivity contribution in [3.8, 4) is 0 Å². The number of halogens is 2. The van der Waals surface area contributed by atoms with Gasteiger partial charge in [-0.1, -0.05) is 64.8 Å². The molecular weight excluding hydrogens is 423 g/mol. The molecule has 27 heavy (non-hydrogen) atoms. The maximum absolute atomic E-state index is 12.1. The van der Waals surface area contributed by atoms with E-state index in [1.165, 1.54) is 11.1 Å². The number of amidine groups is 1. The van der Waals surface area contributed by atoms with Gasteiger partial charge in [-0.3, -0.25) is 4.99 Å². The molecule has 1 fully saturated rings. The minimum Gasteiger partial charge on any atom is -0.315 e. The molecule has 0 unspecified atom stereocenters. The number of hydrogen-bond donors (Lipinski definition) is 0. The number of thioether (sulfide) groups is 1. The molecule has 2 aliphatic rings. The Balaban J connectivity index is 1.64. The third kappa shape index (κ3) is 4.14. The Bertz CT molecular complexity index is 987. The van der Waals surface area contributed by atoms with E-state index >= 15 is 0 Å². The van der Waals surface area contributed by atoms with E-state index in [-0.39, 0.29) is 23.6 Å². The number of fused-ring (bicyclic) bond motifs is 1. The van der Waals surface area contributed by atoms with Crippen molar-refractivity contribution in [3.05, 3.63) is 63.6 Å². The largest absolute Gasteiger partial charge is 0.315 e. The lowest BCUT2D eigenvalue weighted by atomic mass is 10.1. The van der Waals surface area contributed by atoms with Crippen LogP contribution in [0.3, 0.4) is 0 Å². The van der Waals surface area contributed by atoms with Gasteiger partial charge in [0, 0.05) is 21.5 Å². The molecule has 0 aliphatic carbocycles. The van der Waals surface area contributed by atoms with Crippen molar-refractivity contribution in [1.82, 2.24) is 0 Å². The van der Waals surface area contributed by atoms with Crippen LogP contribution in [-0.4, -0.2) is 37.2 Å². The van der Waals surface area contributed by atoms with Crippen molar-refractivity contribution < 1.29 is 8.42 Å². The summed E-state index contributed by atoms with van der Waals surface area (Å²) in [6.45, 7) is 2.06. The number of benzene rings is 2. The predicted octanol–water partition coefficient (Wildman–Crippen LogP) is 4.58. The fourth-order valence-corrected chi connectivity index (χ4v) is 6.88. The lowest BCUT2D eigenvalue weighted by Gasteiger charge is -2.27. The first kappa shape index (κ1) is 19.1. The number of nitrogens with zero attached hydrogens (tertiary/aromatic N) is 2. The van der Waals surface area contributed by atoms with Crippen LogP contribution in [0.1, 0.15) is 11.1 Å². The van der Waals surface area contributed by atoms with E-state index in [9.17, 15) is 8.42 Å². The van der Waals surface area contributed by atoms with E-state index in [0.29, 0.717) is 10.0 Å². The Morgan fingerprint density at radius 2 is 1.78 bits per heavy atom. The van der Waals surface area contributed by atoms with Crippen LogP contribution in [0.25, 0.3) is 0 Å². The summed E-state index contributed by atoms with van der Waals surface area (Å²) in [5, 5.41) is 1.85. The van der Waals surface area contributed by atoms with Crippen molar-refractivity contribution in [2.45, 2.75) is 24.8 Å². The summed E-state index contributed by atoms with van der Waals surface area (Å²) in [4.78, 5) is 6.73. The van der Waals surface area contributed by atoms with Crippen molar-refractivity contribution in [2.24, 2.45) is 4.99 Å². The standard InChI is InChI=1S/C19H18Cl2N2O2S2/c1-12-2-4-13(5-3-12)9-26-19-22-17-10-27(24,25)11-18(17)23(19)16-7-14(20)6-15(21)8-16/h2-8,17-18H,9-11H2,1H3/t17-,18-/m1/s1. The Morgan fingerprint density at radius 1 is 1.11 bits per heavy atom. The van der Waals surface area contributed by atoms with E-state index in [4.69, 9.17) is 28.2 Å². The van der Waals surface area contributed by atoms with E-state index in [2.05, 4.69) is 31.2 Å². The second-order valence-electron chi connectivity index (χ2n) is 6.90. The molecule has 2 aliphatic heterocycles. The lowest BCUT2D eigenvalue weighted by molar-refractivity contribution is 0.601. The number of hydrogen-bond acceptors (Lipinski definition) is 5. The lowest BCUT2D eigenvalue weighted by Crippen LogP contribution is -2.39. The summed E-state index contributed by atoms with van der Waals surface area (Å²) in [6.07, 6.45) is 0. The zero-order chi connectivity index (χ0) is 19.2. The molecule has 0 spiro atoms. The molecule has 2 aromatic rings. The van der Waals surface area contributed by atoms with Crippen LogP contribution in [0.15, 0.2) is 47.5 Å². The third-order valence-corrected chi connectivity index (χ3v) is 7.89. The van der Waals surface area contributed by atoms with Gasteiger partial charge in [0.15, 0.2) is 15.0 Å². The summed E-state index contributed by atoms with van der Waals surface area (Å²) < 4.78 is 24.2. The molecule has 8 heteroatoms. The highest BCUT2D eigenvalue weighted by Crippen LogP contribution is 2.37. The van der Waals surface area contributed by atoms with E-state index in [1.54, 1.807) is 17.8 Å². The average molecular weight is 441 g/mol. The number of anilines is 1. The van der Waals surface area contributed by atoms with Gasteiger partial charge in [-0.25, -0.2) is 8.42 Å². The monoisotopic (exact) mass is 440 g/mol. The second kappa shape index (κ2) is 7.32. The zero-order valence-electron chi connectivity index (χ0n) is 14.6. The van der Waals surface area contributed by atoms with Crippen LogP contribution < -0.4 is 4.90 Å². The SMILES string of the molecule is Cc1ccc(CSC2=N[C@@H]3CS(=O)(=O)C[C@H]3N2c2cc(Cl)cc(Cl)c2)cc1. The van der Waals surface area contributed by atoms with Crippen molar-refractivity contribution >= 4 is 55.7 Å². The van der Waals surface area contributed by atoms with Gasteiger partial charge < -0.3 is 4.90 Å². The van der Waals surface area contributed by atoms with E-state index in [0.717, 1.165) is 16.6 Å². The molecule has 2 aromatic carbocycles. The first-order chi connectivity index (χ1) is 12.8. The van der Waals surface area contributed by atoms with Crippen molar-refractivity contribution in [2.75, 3.05) is 16.4 Å². The normalized spacial score (nSPS) is 23.4. The molecule has 0 radical (unpaired) electrons. The molecule has 4 rings (SSSR count).